The van der Waals surface area contributed by atoms with Crippen LogP contribution in [0.25, 0.3) is 21.8 Å². The molecule has 0 atom stereocenters. The Bertz CT molecular complexity index is 681. The van der Waals surface area contributed by atoms with Gasteiger partial charge in [-0.3, -0.25) is 0 Å². The molecular formula is C16H22N3+. The van der Waals surface area contributed by atoms with Crippen LogP contribution in [0.4, 0.5) is 0 Å². The highest BCUT2D eigenvalue weighted by Gasteiger charge is 2.15. The summed E-state index contributed by atoms with van der Waals surface area (Å²) in [6, 6.07) is 12.6. The summed E-state index contributed by atoms with van der Waals surface area (Å²) in [6.45, 7) is 4.36. The lowest BCUT2D eigenvalue weighted by molar-refractivity contribution is -0.733. The monoisotopic (exact) mass is 256 g/mol. The van der Waals surface area contributed by atoms with Gasteiger partial charge in [0.2, 0.25) is 5.52 Å². The highest BCUT2D eigenvalue weighted by Crippen LogP contribution is 2.20. The molecule has 0 aliphatic rings. The number of nitrogens with zero attached hydrogens (tertiary/aromatic N) is 3. The zero-order chi connectivity index (χ0) is 13.8. The lowest BCUT2D eigenvalue weighted by Crippen LogP contribution is -2.37. The summed E-state index contributed by atoms with van der Waals surface area (Å²) in [5, 5.41) is 6.97. The number of aryl methyl sites for hydroxylation is 2. The molecule has 0 saturated carbocycles. The summed E-state index contributed by atoms with van der Waals surface area (Å²) in [7, 11) is 3.97. The van der Waals surface area contributed by atoms with Crippen molar-refractivity contribution >= 4 is 21.8 Å². The molecule has 0 saturated heterocycles. The molecule has 0 spiro atoms. The van der Waals surface area contributed by atoms with Crippen molar-refractivity contribution in [2.24, 2.45) is 14.1 Å². The van der Waals surface area contributed by atoms with E-state index in [1.165, 1.54) is 23.6 Å². The summed E-state index contributed by atoms with van der Waals surface area (Å²) < 4.78 is 2.04. The van der Waals surface area contributed by atoms with Crippen LogP contribution in [0.1, 0.15) is 26.7 Å². The van der Waals surface area contributed by atoms with Crippen LogP contribution in [0.2, 0.25) is 0 Å². The molecule has 3 nitrogen and oxygen atoms in total. The summed E-state index contributed by atoms with van der Waals surface area (Å²) in [4.78, 5) is 1.86. The van der Waals surface area contributed by atoms with E-state index >= 15 is 0 Å². The third-order valence-corrected chi connectivity index (χ3v) is 3.41. The van der Waals surface area contributed by atoms with Crippen LogP contribution in [0, 0.1) is 0 Å². The normalized spacial score (nSPS) is 10.5. The first kappa shape index (κ1) is 13.5. The first-order valence-corrected chi connectivity index (χ1v) is 6.89. The van der Waals surface area contributed by atoms with Crippen molar-refractivity contribution in [3.05, 3.63) is 36.4 Å². The minimum absolute atomic E-state index is 1.07. The second-order valence-electron chi connectivity index (χ2n) is 4.77. The number of fused-ring (bicyclic) bond motifs is 3. The topological polar surface area (TPSA) is 21.7 Å². The second kappa shape index (κ2) is 5.83. The summed E-state index contributed by atoms with van der Waals surface area (Å²) in [5.74, 6) is 0. The van der Waals surface area contributed by atoms with Gasteiger partial charge in [-0.2, -0.15) is 4.68 Å². The molecule has 0 N–H and O–H groups in total. The Kier molecular flexibility index (Phi) is 4.15. The van der Waals surface area contributed by atoms with Crippen LogP contribution in [0.15, 0.2) is 36.4 Å². The first-order valence-electron chi connectivity index (χ1n) is 6.89. The highest BCUT2D eigenvalue weighted by atomic mass is 15.5. The second-order valence-corrected chi connectivity index (χ2v) is 4.77. The van der Waals surface area contributed by atoms with Crippen molar-refractivity contribution in [1.29, 1.82) is 0 Å². The van der Waals surface area contributed by atoms with Crippen molar-refractivity contribution in [1.82, 2.24) is 9.90 Å². The maximum atomic E-state index is 4.52. The van der Waals surface area contributed by atoms with Gasteiger partial charge in [0.1, 0.15) is 7.05 Å². The third-order valence-electron chi connectivity index (χ3n) is 3.41. The molecule has 0 unspecified atom stereocenters. The molecule has 0 aliphatic carbocycles. The summed E-state index contributed by atoms with van der Waals surface area (Å²) >= 11 is 0. The van der Waals surface area contributed by atoms with Crippen LogP contribution in [-0.2, 0) is 14.1 Å². The molecule has 0 amide bonds. The fraction of sp³-hybridized carbons (Fsp3) is 0.375. The van der Waals surface area contributed by atoms with Crippen molar-refractivity contribution in [3.63, 3.8) is 0 Å². The van der Waals surface area contributed by atoms with Crippen LogP contribution < -0.4 is 4.68 Å². The van der Waals surface area contributed by atoms with Gasteiger partial charge in [-0.1, -0.05) is 44.9 Å². The lowest BCUT2D eigenvalue weighted by atomic mass is 10.1. The predicted molar refractivity (Wildman–Crippen MR) is 80.0 cm³/mol. The first-order chi connectivity index (χ1) is 9.19. The van der Waals surface area contributed by atoms with E-state index in [-0.39, 0.29) is 0 Å². The van der Waals surface area contributed by atoms with Gasteiger partial charge in [0.05, 0.1) is 7.05 Å². The van der Waals surface area contributed by atoms with Crippen LogP contribution in [0.3, 0.4) is 0 Å². The number of benzene rings is 2. The van der Waals surface area contributed by atoms with Crippen LogP contribution in [0.5, 0.6) is 0 Å². The Balaban J connectivity index is 0.000000297. The molecule has 0 bridgehead atoms. The summed E-state index contributed by atoms with van der Waals surface area (Å²) in [5.41, 5.74) is 2.23. The van der Waals surface area contributed by atoms with Crippen molar-refractivity contribution in [2.75, 3.05) is 0 Å². The Morgan fingerprint density at radius 1 is 1.05 bits per heavy atom. The molecule has 100 valence electrons. The highest BCUT2D eigenvalue weighted by molar-refractivity contribution is 6.02. The van der Waals surface area contributed by atoms with Gasteiger partial charge < -0.3 is 0 Å². The van der Waals surface area contributed by atoms with Crippen molar-refractivity contribution in [3.8, 4) is 0 Å². The molecule has 3 rings (SSSR count). The lowest BCUT2D eigenvalue weighted by Gasteiger charge is -1.93. The minimum Gasteiger partial charge on any atom is -0.156 e. The van der Waals surface area contributed by atoms with E-state index < -0.39 is 0 Å². The Hall–Kier alpha value is -1.90. The predicted octanol–water partition coefficient (Wildman–Crippen LogP) is 3.36. The number of unbranched alkanes of at least 4 members (excludes halogenated alkanes) is 1. The van der Waals surface area contributed by atoms with Gasteiger partial charge >= 0.3 is 0 Å². The molecule has 2 aromatic carbocycles. The molecule has 19 heavy (non-hydrogen) atoms. The quantitative estimate of drug-likeness (QED) is 0.612. The molecule has 1 aromatic heterocycles. The number of hydrogen-bond donors (Lipinski definition) is 0. The molecule has 3 aromatic rings. The number of aromatic nitrogens is 3. The fourth-order valence-corrected chi connectivity index (χ4v) is 1.98. The SMILES string of the molecule is CCCC.Cn1nc2c3ccccc3ccc2[n+]1C. The largest absolute Gasteiger partial charge is 0.256 e. The van der Waals surface area contributed by atoms with Gasteiger partial charge in [-0.15, -0.1) is 0 Å². The van der Waals surface area contributed by atoms with E-state index in [4.69, 9.17) is 0 Å². The van der Waals surface area contributed by atoms with E-state index in [0.717, 1.165) is 11.0 Å². The van der Waals surface area contributed by atoms with Gasteiger partial charge in [0, 0.05) is 10.5 Å². The smallest absolute Gasteiger partial charge is 0.156 e. The van der Waals surface area contributed by atoms with Gasteiger partial charge in [0.25, 0.3) is 5.52 Å². The van der Waals surface area contributed by atoms with Gasteiger partial charge in [-0.25, -0.2) is 0 Å². The van der Waals surface area contributed by atoms with Crippen LogP contribution >= 0.6 is 0 Å². The third kappa shape index (κ3) is 2.60. The molecule has 0 fully saturated rings. The zero-order valence-corrected chi connectivity index (χ0v) is 12.2. The van der Waals surface area contributed by atoms with E-state index in [1.807, 2.05) is 23.6 Å². The Labute approximate surface area is 114 Å². The average molecular weight is 256 g/mol. The maximum absolute atomic E-state index is 4.52. The van der Waals surface area contributed by atoms with E-state index in [1.54, 1.807) is 0 Å². The summed E-state index contributed by atoms with van der Waals surface area (Å²) in [6.07, 6.45) is 2.64. The molecule has 3 heteroatoms. The minimum atomic E-state index is 1.07. The van der Waals surface area contributed by atoms with E-state index in [9.17, 15) is 0 Å². The molecule has 0 aliphatic heterocycles. The van der Waals surface area contributed by atoms with Crippen LogP contribution in [-0.4, -0.2) is 9.90 Å². The fourth-order valence-electron chi connectivity index (χ4n) is 1.98. The molecule has 0 radical (unpaired) electrons. The molecular weight excluding hydrogens is 234 g/mol. The van der Waals surface area contributed by atoms with Crippen molar-refractivity contribution in [2.45, 2.75) is 26.7 Å². The average Bonchev–Trinajstić information content (AvgIpc) is 2.75. The Morgan fingerprint density at radius 3 is 2.42 bits per heavy atom. The van der Waals surface area contributed by atoms with E-state index in [0.29, 0.717) is 0 Å². The number of hydrogen-bond acceptors (Lipinski definition) is 1. The van der Waals surface area contributed by atoms with Gasteiger partial charge in [0.15, 0.2) is 0 Å². The van der Waals surface area contributed by atoms with Gasteiger partial charge in [-0.05, 0) is 28.4 Å². The van der Waals surface area contributed by atoms with E-state index in [2.05, 4.69) is 55.3 Å². The Morgan fingerprint density at radius 2 is 1.74 bits per heavy atom. The maximum Gasteiger partial charge on any atom is 0.256 e. The zero-order valence-electron chi connectivity index (χ0n) is 12.2. The standard InChI is InChI=1S/C12H12N3.C4H10/c1-14-11-8-7-9-5-3-4-6-10(9)12(11)13-15(14)2;1-3-4-2/h3-8H,1-2H3;3-4H2,1-2H3/q+1;. The van der Waals surface area contributed by atoms with Crippen molar-refractivity contribution < 1.29 is 4.68 Å². The number of rotatable bonds is 1. The molecule has 1 heterocycles.